The average molecular weight is 326 g/mol. The van der Waals surface area contributed by atoms with Crippen LogP contribution < -0.4 is 5.73 Å². The van der Waals surface area contributed by atoms with Gasteiger partial charge < -0.3 is 5.73 Å². The minimum absolute atomic E-state index is 0.0266. The van der Waals surface area contributed by atoms with E-state index in [4.69, 9.17) is 5.73 Å². The Morgan fingerprint density at radius 1 is 1.23 bits per heavy atom. The SMILES string of the molecule is Nc1ncnc2c1CCN(S(=O)(=O)c1ccc(F)cc1F)C2. The lowest BCUT2D eigenvalue weighted by molar-refractivity contribution is 0.382. The first-order chi connectivity index (χ1) is 10.4. The Kier molecular flexibility index (Phi) is 3.53. The van der Waals surface area contributed by atoms with E-state index in [1.807, 2.05) is 0 Å². The van der Waals surface area contributed by atoms with Crippen LogP contribution in [0.3, 0.4) is 0 Å². The molecule has 0 aliphatic carbocycles. The van der Waals surface area contributed by atoms with Crippen LogP contribution in [0.5, 0.6) is 0 Å². The highest BCUT2D eigenvalue weighted by atomic mass is 32.2. The zero-order valence-electron chi connectivity index (χ0n) is 11.3. The predicted octanol–water partition coefficient (Wildman–Crippen LogP) is 1.08. The highest BCUT2D eigenvalue weighted by molar-refractivity contribution is 7.89. The van der Waals surface area contributed by atoms with E-state index >= 15 is 0 Å². The molecule has 2 heterocycles. The van der Waals surface area contributed by atoms with Gasteiger partial charge in [0.25, 0.3) is 0 Å². The van der Waals surface area contributed by atoms with Gasteiger partial charge in [-0.1, -0.05) is 0 Å². The molecule has 2 N–H and O–H groups in total. The Bertz CT molecular complexity index is 842. The number of rotatable bonds is 2. The van der Waals surface area contributed by atoms with Crippen LogP contribution in [-0.2, 0) is 23.0 Å². The van der Waals surface area contributed by atoms with Crippen molar-refractivity contribution in [3.05, 3.63) is 47.4 Å². The zero-order chi connectivity index (χ0) is 15.9. The Morgan fingerprint density at radius 3 is 2.73 bits per heavy atom. The highest BCUT2D eigenvalue weighted by Gasteiger charge is 2.32. The summed E-state index contributed by atoms with van der Waals surface area (Å²) >= 11 is 0. The van der Waals surface area contributed by atoms with Gasteiger partial charge in [0, 0.05) is 18.2 Å². The van der Waals surface area contributed by atoms with Crippen molar-refractivity contribution in [3.63, 3.8) is 0 Å². The van der Waals surface area contributed by atoms with Gasteiger partial charge in [-0.15, -0.1) is 0 Å². The van der Waals surface area contributed by atoms with Gasteiger partial charge in [-0.25, -0.2) is 27.2 Å². The lowest BCUT2D eigenvalue weighted by Crippen LogP contribution is -2.37. The number of nitrogen functional groups attached to an aromatic ring is 1. The number of hydrogen-bond acceptors (Lipinski definition) is 5. The number of hydrogen-bond donors (Lipinski definition) is 1. The van der Waals surface area contributed by atoms with E-state index in [0.717, 1.165) is 16.4 Å². The van der Waals surface area contributed by atoms with Crippen LogP contribution >= 0.6 is 0 Å². The second-order valence-corrected chi connectivity index (χ2v) is 6.75. The molecule has 3 rings (SSSR count). The number of halogens is 2. The molecule has 1 aliphatic heterocycles. The molecule has 0 atom stereocenters. The Balaban J connectivity index is 1.98. The molecule has 1 aromatic heterocycles. The van der Waals surface area contributed by atoms with E-state index in [2.05, 4.69) is 9.97 Å². The number of nitrogens with zero attached hydrogens (tertiary/aromatic N) is 3. The number of aromatic nitrogens is 2. The topological polar surface area (TPSA) is 89.2 Å². The fraction of sp³-hybridized carbons (Fsp3) is 0.231. The second kappa shape index (κ2) is 5.25. The summed E-state index contributed by atoms with van der Waals surface area (Å²) in [4.78, 5) is 7.33. The molecular formula is C13H12F2N4O2S. The highest BCUT2D eigenvalue weighted by Crippen LogP contribution is 2.27. The first-order valence-electron chi connectivity index (χ1n) is 6.43. The minimum atomic E-state index is -4.07. The monoisotopic (exact) mass is 326 g/mol. The summed E-state index contributed by atoms with van der Waals surface area (Å²) in [5.41, 5.74) is 6.92. The van der Waals surface area contributed by atoms with E-state index in [0.29, 0.717) is 29.6 Å². The molecule has 1 aliphatic rings. The van der Waals surface area contributed by atoms with Gasteiger partial charge in [0.05, 0.1) is 12.2 Å². The fourth-order valence-corrected chi connectivity index (χ4v) is 3.83. The molecule has 9 heteroatoms. The molecule has 22 heavy (non-hydrogen) atoms. The number of nitrogens with two attached hydrogens (primary N) is 1. The summed E-state index contributed by atoms with van der Waals surface area (Å²) in [6.45, 7) is 0.102. The third-order valence-electron chi connectivity index (χ3n) is 3.52. The quantitative estimate of drug-likeness (QED) is 0.892. The number of fused-ring (bicyclic) bond motifs is 1. The summed E-state index contributed by atoms with van der Waals surface area (Å²) in [5, 5.41) is 0. The van der Waals surface area contributed by atoms with Crippen molar-refractivity contribution in [2.24, 2.45) is 0 Å². The summed E-state index contributed by atoms with van der Waals surface area (Å²) in [7, 11) is -4.07. The maximum Gasteiger partial charge on any atom is 0.246 e. The number of anilines is 1. The summed E-state index contributed by atoms with van der Waals surface area (Å²) < 4.78 is 52.8. The first-order valence-corrected chi connectivity index (χ1v) is 7.87. The fourth-order valence-electron chi connectivity index (χ4n) is 2.38. The molecule has 0 fully saturated rings. The Hall–Kier alpha value is -2.13. The number of sulfonamides is 1. The van der Waals surface area contributed by atoms with Crippen LogP contribution in [-0.4, -0.2) is 29.2 Å². The van der Waals surface area contributed by atoms with Gasteiger partial charge >= 0.3 is 0 Å². The van der Waals surface area contributed by atoms with E-state index < -0.39 is 26.6 Å². The summed E-state index contributed by atoms with van der Waals surface area (Å²) in [6.07, 6.45) is 1.59. The van der Waals surface area contributed by atoms with Crippen molar-refractivity contribution < 1.29 is 17.2 Å². The normalized spacial score (nSPS) is 15.5. The average Bonchev–Trinajstić information content (AvgIpc) is 2.46. The van der Waals surface area contributed by atoms with Crippen molar-refractivity contribution in [3.8, 4) is 0 Å². The number of benzene rings is 1. The minimum Gasteiger partial charge on any atom is -0.383 e. The standard InChI is InChI=1S/C13H12F2N4O2S/c14-8-1-2-12(10(15)5-8)22(20,21)19-4-3-9-11(6-19)17-7-18-13(9)16/h1-2,5,7H,3-4,6H2,(H2,16,17,18). The smallest absolute Gasteiger partial charge is 0.246 e. The van der Waals surface area contributed by atoms with Crippen molar-refractivity contribution in [2.45, 2.75) is 17.9 Å². The van der Waals surface area contributed by atoms with E-state index in [9.17, 15) is 17.2 Å². The zero-order valence-corrected chi connectivity index (χ0v) is 12.1. The Labute approximate surface area is 125 Å². The molecule has 0 saturated carbocycles. The summed E-state index contributed by atoms with van der Waals surface area (Å²) in [5.74, 6) is -1.64. The van der Waals surface area contributed by atoms with Gasteiger partial charge in [0.2, 0.25) is 10.0 Å². The van der Waals surface area contributed by atoms with Gasteiger partial charge in [0.1, 0.15) is 28.7 Å². The molecule has 6 nitrogen and oxygen atoms in total. The van der Waals surface area contributed by atoms with Gasteiger partial charge in [0.15, 0.2) is 0 Å². The molecule has 0 bridgehead atoms. The third kappa shape index (κ3) is 2.42. The van der Waals surface area contributed by atoms with Crippen molar-refractivity contribution in [2.75, 3.05) is 12.3 Å². The van der Waals surface area contributed by atoms with Gasteiger partial charge in [-0.3, -0.25) is 0 Å². The van der Waals surface area contributed by atoms with E-state index in [-0.39, 0.29) is 13.1 Å². The molecule has 0 radical (unpaired) electrons. The molecular weight excluding hydrogens is 314 g/mol. The molecule has 0 unspecified atom stereocenters. The van der Waals surface area contributed by atoms with Crippen LogP contribution in [0.2, 0.25) is 0 Å². The molecule has 0 saturated heterocycles. The van der Waals surface area contributed by atoms with Crippen LogP contribution in [0, 0.1) is 11.6 Å². The maximum absolute atomic E-state index is 13.8. The second-order valence-electron chi connectivity index (χ2n) is 4.85. The summed E-state index contributed by atoms with van der Waals surface area (Å²) in [6, 6.07) is 2.38. The molecule has 0 spiro atoms. The molecule has 1 aromatic carbocycles. The first kappa shape index (κ1) is 14.8. The third-order valence-corrected chi connectivity index (χ3v) is 5.40. The van der Waals surface area contributed by atoms with Crippen molar-refractivity contribution >= 4 is 15.8 Å². The lowest BCUT2D eigenvalue weighted by Gasteiger charge is -2.27. The van der Waals surface area contributed by atoms with E-state index in [1.54, 1.807) is 0 Å². The molecule has 2 aromatic rings. The predicted molar refractivity (Wildman–Crippen MR) is 74.1 cm³/mol. The Morgan fingerprint density at radius 2 is 2.00 bits per heavy atom. The largest absolute Gasteiger partial charge is 0.383 e. The lowest BCUT2D eigenvalue weighted by atomic mass is 10.1. The molecule has 0 amide bonds. The molecule has 116 valence electrons. The maximum atomic E-state index is 13.8. The van der Waals surface area contributed by atoms with Crippen LogP contribution in [0.1, 0.15) is 11.3 Å². The van der Waals surface area contributed by atoms with Crippen LogP contribution in [0.4, 0.5) is 14.6 Å². The van der Waals surface area contributed by atoms with Gasteiger partial charge in [-0.05, 0) is 18.6 Å². The van der Waals surface area contributed by atoms with Crippen molar-refractivity contribution in [1.29, 1.82) is 0 Å². The van der Waals surface area contributed by atoms with Crippen molar-refractivity contribution in [1.82, 2.24) is 14.3 Å². The van der Waals surface area contributed by atoms with Gasteiger partial charge in [-0.2, -0.15) is 4.31 Å². The van der Waals surface area contributed by atoms with E-state index in [1.165, 1.54) is 6.33 Å². The van der Waals surface area contributed by atoms with Crippen LogP contribution in [0.25, 0.3) is 0 Å². The van der Waals surface area contributed by atoms with Crippen LogP contribution in [0.15, 0.2) is 29.4 Å².